The van der Waals surface area contributed by atoms with Crippen LogP contribution in [0.2, 0.25) is 0 Å². The molecule has 102 valence electrons. The van der Waals surface area contributed by atoms with Gasteiger partial charge in [-0.3, -0.25) is 4.79 Å². The van der Waals surface area contributed by atoms with Gasteiger partial charge in [0, 0.05) is 17.3 Å². The highest BCUT2D eigenvalue weighted by Gasteiger charge is 2.28. The summed E-state index contributed by atoms with van der Waals surface area (Å²) < 4.78 is 0. The third-order valence-electron chi connectivity index (χ3n) is 3.84. The molecular weight excluding hydrogens is 250 g/mol. The number of nitrogens with zero attached hydrogens (tertiary/aromatic N) is 1. The molecule has 3 heteroatoms. The number of rotatable bonds is 1. The Kier molecular flexibility index (Phi) is 3.18. The third-order valence-corrected chi connectivity index (χ3v) is 3.84. The van der Waals surface area contributed by atoms with E-state index in [9.17, 15) is 9.90 Å². The summed E-state index contributed by atoms with van der Waals surface area (Å²) in [5.74, 6) is 0.0642. The van der Waals surface area contributed by atoms with Gasteiger partial charge in [-0.2, -0.15) is 0 Å². The number of amides is 1. The molecule has 20 heavy (non-hydrogen) atoms. The molecule has 3 rings (SSSR count). The number of hydrogen-bond donors (Lipinski definition) is 1. The summed E-state index contributed by atoms with van der Waals surface area (Å²) in [5.41, 5.74) is 2.72. The summed E-state index contributed by atoms with van der Waals surface area (Å²) in [4.78, 5) is 14.6. The van der Waals surface area contributed by atoms with Crippen molar-refractivity contribution in [2.24, 2.45) is 0 Å². The van der Waals surface area contributed by atoms with Crippen LogP contribution >= 0.6 is 0 Å². The maximum Gasteiger partial charge on any atom is 0.258 e. The molecule has 1 heterocycles. The standard InChI is InChI=1S/C17H17NO2/c1-12-9-10-13-5-2-3-8-16(13)18(12)17(20)14-6-4-7-15(19)11-14/h2-8,11-12,19H,9-10H2,1H3. The Labute approximate surface area is 118 Å². The van der Waals surface area contributed by atoms with Gasteiger partial charge in [0.1, 0.15) is 5.75 Å². The highest BCUT2D eigenvalue weighted by atomic mass is 16.3. The molecule has 1 unspecified atom stereocenters. The summed E-state index contributed by atoms with van der Waals surface area (Å²) in [5, 5.41) is 9.55. The Hall–Kier alpha value is -2.29. The van der Waals surface area contributed by atoms with E-state index in [1.165, 1.54) is 11.6 Å². The van der Waals surface area contributed by atoms with Crippen molar-refractivity contribution in [2.45, 2.75) is 25.8 Å². The van der Waals surface area contributed by atoms with E-state index in [0.29, 0.717) is 5.56 Å². The number of phenols is 1. The van der Waals surface area contributed by atoms with Crippen LogP contribution in [-0.2, 0) is 6.42 Å². The van der Waals surface area contributed by atoms with Crippen molar-refractivity contribution in [3.8, 4) is 5.75 Å². The van der Waals surface area contributed by atoms with Crippen molar-refractivity contribution in [3.05, 3.63) is 59.7 Å². The molecule has 0 fully saturated rings. The third kappa shape index (κ3) is 2.16. The molecule has 1 amide bonds. The molecule has 0 bridgehead atoms. The lowest BCUT2D eigenvalue weighted by atomic mass is 9.96. The van der Waals surface area contributed by atoms with Gasteiger partial charge in [0.2, 0.25) is 0 Å². The molecule has 0 radical (unpaired) electrons. The maximum atomic E-state index is 12.7. The second kappa shape index (κ2) is 5.00. The fourth-order valence-corrected chi connectivity index (χ4v) is 2.78. The first kappa shape index (κ1) is 12.7. The first-order valence-electron chi connectivity index (χ1n) is 6.87. The Morgan fingerprint density at radius 2 is 2.00 bits per heavy atom. The smallest absolute Gasteiger partial charge is 0.258 e. The van der Waals surface area contributed by atoms with Gasteiger partial charge >= 0.3 is 0 Å². The zero-order valence-corrected chi connectivity index (χ0v) is 11.4. The number of hydrogen-bond acceptors (Lipinski definition) is 2. The number of aromatic hydroxyl groups is 1. The van der Waals surface area contributed by atoms with Crippen molar-refractivity contribution < 1.29 is 9.90 Å². The van der Waals surface area contributed by atoms with E-state index in [-0.39, 0.29) is 17.7 Å². The number of anilines is 1. The topological polar surface area (TPSA) is 40.5 Å². The Morgan fingerprint density at radius 1 is 1.20 bits per heavy atom. The van der Waals surface area contributed by atoms with Crippen molar-refractivity contribution in [3.63, 3.8) is 0 Å². The largest absolute Gasteiger partial charge is 0.508 e. The summed E-state index contributed by atoms with van der Waals surface area (Å²) in [7, 11) is 0. The van der Waals surface area contributed by atoms with E-state index >= 15 is 0 Å². The first-order chi connectivity index (χ1) is 9.66. The molecule has 2 aromatic carbocycles. The average molecular weight is 267 g/mol. The maximum absolute atomic E-state index is 12.7. The highest BCUT2D eigenvalue weighted by Crippen LogP contribution is 2.32. The molecule has 3 nitrogen and oxygen atoms in total. The molecule has 1 aliphatic heterocycles. The summed E-state index contributed by atoms with van der Waals surface area (Å²) >= 11 is 0. The predicted octanol–water partition coefficient (Wildman–Crippen LogP) is 3.37. The second-order valence-corrected chi connectivity index (χ2v) is 5.24. The molecule has 2 aromatic rings. The molecule has 0 saturated carbocycles. The van der Waals surface area contributed by atoms with Gasteiger partial charge < -0.3 is 10.0 Å². The number of para-hydroxylation sites is 1. The van der Waals surface area contributed by atoms with Gasteiger partial charge in [0.15, 0.2) is 0 Å². The molecule has 0 saturated heterocycles. The van der Waals surface area contributed by atoms with Gasteiger partial charge in [0.05, 0.1) is 0 Å². The number of carbonyl (C=O) groups is 1. The van der Waals surface area contributed by atoms with Gasteiger partial charge in [-0.25, -0.2) is 0 Å². The monoisotopic (exact) mass is 267 g/mol. The van der Waals surface area contributed by atoms with Crippen LogP contribution < -0.4 is 4.90 Å². The molecule has 1 atom stereocenters. The van der Waals surface area contributed by atoms with Crippen LogP contribution in [0.4, 0.5) is 5.69 Å². The minimum atomic E-state index is -0.0550. The minimum Gasteiger partial charge on any atom is -0.508 e. The lowest BCUT2D eigenvalue weighted by Crippen LogP contribution is -2.42. The normalized spacial score (nSPS) is 17.6. The molecular formula is C17H17NO2. The van der Waals surface area contributed by atoms with E-state index in [2.05, 4.69) is 13.0 Å². The van der Waals surface area contributed by atoms with E-state index in [1.807, 2.05) is 23.1 Å². The van der Waals surface area contributed by atoms with E-state index < -0.39 is 0 Å². The Balaban J connectivity index is 2.03. The van der Waals surface area contributed by atoms with Crippen molar-refractivity contribution >= 4 is 11.6 Å². The fourth-order valence-electron chi connectivity index (χ4n) is 2.78. The molecule has 1 aliphatic rings. The zero-order chi connectivity index (χ0) is 14.1. The summed E-state index contributed by atoms with van der Waals surface area (Å²) in [6.45, 7) is 2.07. The molecule has 1 N–H and O–H groups in total. The SMILES string of the molecule is CC1CCc2ccccc2N1C(=O)c1cccc(O)c1. The summed E-state index contributed by atoms with van der Waals surface area (Å²) in [6.07, 6.45) is 1.96. The number of fused-ring (bicyclic) bond motifs is 1. The van der Waals surface area contributed by atoms with E-state index in [4.69, 9.17) is 0 Å². The number of carbonyl (C=O) groups excluding carboxylic acids is 1. The van der Waals surface area contributed by atoms with Crippen LogP contribution in [0.1, 0.15) is 29.3 Å². The summed E-state index contributed by atoms with van der Waals surface area (Å²) in [6, 6.07) is 14.7. The van der Waals surface area contributed by atoms with E-state index in [0.717, 1.165) is 18.5 Å². The van der Waals surface area contributed by atoms with Gasteiger partial charge in [0.25, 0.3) is 5.91 Å². The van der Waals surface area contributed by atoms with Crippen LogP contribution in [0.5, 0.6) is 5.75 Å². The molecule has 0 aliphatic carbocycles. The van der Waals surface area contributed by atoms with Gasteiger partial charge in [-0.15, -0.1) is 0 Å². The first-order valence-corrected chi connectivity index (χ1v) is 6.87. The van der Waals surface area contributed by atoms with Crippen LogP contribution in [0, 0.1) is 0 Å². The Morgan fingerprint density at radius 3 is 2.80 bits per heavy atom. The zero-order valence-electron chi connectivity index (χ0n) is 11.4. The van der Waals surface area contributed by atoms with Crippen molar-refractivity contribution in [1.82, 2.24) is 0 Å². The van der Waals surface area contributed by atoms with Crippen molar-refractivity contribution in [2.75, 3.05) is 4.90 Å². The number of aryl methyl sites for hydroxylation is 1. The van der Waals surface area contributed by atoms with Crippen LogP contribution in [0.3, 0.4) is 0 Å². The fraction of sp³-hybridized carbons (Fsp3) is 0.235. The lowest BCUT2D eigenvalue weighted by Gasteiger charge is -2.35. The Bertz CT molecular complexity index is 651. The van der Waals surface area contributed by atoms with Crippen LogP contribution in [-0.4, -0.2) is 17.1 Å². The minimum absolute atomic E-state index is 0.0550. The number of benzene rings is 2. The van der Waals surface area contributed by atoms with Crippen LogP contribution in [0.15, 0.2) is 48.5 Å². The second-order valence-electron chi connectivity index (χ2n) is 5.24. The molecule has 0 spiro atoms. The average Bonchev–Trinajstić information content (AvgIpc) is 2.46. The van der Waals surface area contributed by atoms with E-state index in [1.54, 1.807) is 18.2 Å². The van der Waals surface area contributed by atoms with Gasteiger partial charge in [-0.05, 0) is 49.6 Å². The van der Waals surface area contributed by atoms with Crippen molar-refractivity contribution in [1.29, 1.82) is 0 Å². The number of phenolic OH excluding ortho intramolecular Hbond substituents is 1. The quantitative estimate of drug-likeness (QED) is 0.860. The van der Waals surface area contributed by atoms with Crippen LogP contribution in [0.25, 0.3) is 0 Å². The predicted molar refractivity (Wildman–Crippen MR) is 79.1 cm³/mol. The lowest BCUT2D eigenvalue weighted by molar-refractivity contribution is 0.0975. The molecule has 0 aromatic heterocycles. The van der Waals surface area contributed by atoms with Gasteiger partial charge in [-0.1, -0.05) is 24.3 Å². The highest BCUT2D eigenvalue weighted by molar-refractivity contribution is 6.07.